The fraction of sp³-hybridized carbons (Fsp3) is 0.484. The second-order valence-electron chi connectivity index (χ2n) is 9.13. The Balaban J connectivity index is 0.00000578. The standard InChI is InChI=1S/C31H42N2.Ni/c1-7-9-11-12-13-14-15-17-31(33-29-21-19-25(4)27(6)23-29)30(16-10-8-2)32-28-20-18-24(3)26(5)22-28;/h18-23H,7-14,16H2,1-6H3;. The molecule has 2 aromatic carbocycles. The summed E-state index contributed by atoms with van der Waals surface area (Å²) in [5, 5.41) is 0. The zero-order valence-corrected chi connectivity index (χ0v) is 23.0. The van der Waals surface area contributed by atoms with E-state index in [1.54, 1.807) is 0 Å². The molecule has 0 N–H and O–H groups in total. The fourth-order valence-corrected chi connectivity index (χ4v) is 3.57. The summed E-state index contributed by atoms with van der Waals surface area (Å²) in [6.45, 7) is 13.0. The van der Waals surface area contributed by atoms with Gasteiger partial charge in [0, 0.05) is 22.9 Å². The summed E-state index contributed by atoms with van der Waals surface area (Å²) >= 11 is 0. The van der Waals surface area contributed by atoms with Crippen LogP contribution in [0.25, 0.3) is 0 Å². The van der Waals surface area contributed by atoms with Crippen molar-refractivity contribution in [2.75, 3.05) is 0 Å². The molecule has 0 radical (unpaired) electrons. The minimum atomic E-state index is 0. The molecule has 2 rings (SSSR count). The number of aryl methyl sites for hydroxylation is 4. The largest absolute Gasteiger partial charge is 0.251 e. The Morgan fingerprint density at radius 2 is 1.24 bits per heavy atom. The molecule has 0 fully saturated rings. The Morgan fingerprint density at radius 3 is 1.79 bits per heavy atom. The summed E-state index contributed by atoms with van der Waals surface area (Å²) < 4.78 is 0. The van der Waals surface area contributed by atoms with Crippen LogP contribution >= 0.6 is 0 Å². The molecule has 0 spiro atoms. The van der Waals surface area contributed by atoms with Gasteiger partial charge in [0.2, 0.25) is 0 Å². The van der Waals surface area contributed by atoms with Crippen molar-refractivity contribution >= 4 is 22.8 Å². The van der Waals surface area contributed by atoms with Crippen molar-refractivity contribution in [1.82, 2.24) is 0 Å². The van der Waals surface area contributed by atoms with E-state index in [2.05, 4.69) is 89.8 Å². The van der Waals surface area contributed by atoms with Crippen molar-refractivity contribution in [3.8, 4) is 11.8 Å². The molecule has 3 heteroatoms. The van der Waals surface area contributed by atoms with E-state index in [1.165, 1.54) is 47.9 Å². The third-order valence-corrected chi connectivity index (χ3v) is 6.14. The summed E-state index contributed by atoms with van der Waals surface area (Å²) in [4.78, 5) is 10.1. The molecule has 0 unspecified atom stereocenters. The summed E-state index contributed by atoms with van der Waals surface area (Å²) in [5.41, 5.74) is 8.83. The van der Waals surface area contributed by atoms with E-state index in [4.69, 9.17) is 9.98 Å². The molecule has 0 amide bonds. The van der Waals surface area contributed by atoms with Crippen molar-refractivity contribution in [3.05, 3.63) is 58.7 Å². The van der Waals surface area contributed by atoms with Crippen LogP contribution in [0.1, 0.15) is 93.9 Å². The molecule has 0 atom stereocenters. The number of rotatable bonds is 11. The van der Waals surface area contributed by atoms with Gasteiger partial charge in [-0.3, -0.25) is 4.99 Å². The van der Waals surface area contributed by atoms with E-state index in [0.29, 0.717) is 0 Å². The first kappa shape index (κ1) is 29.9. The van der Waals surface area contributed by atoms with Crippen LogP contribution in [0.15, 0.2) is 46.4 Å². The van der Waals surface area contributed by atoms with Gasteiger partial charge in [-0.1, -0.05) is 64.0 Å². The number of aliphatic imine (C=N–C) groups is 2. The van der Waals surface area contributed by atoms with Crippen LogP contribution in [0.3, 0.4) is 0 Å². The number of hydrogen-bond donors (Lipinski definition) is 0. The van der Waals surface area contributed by atoms with E-state index in [9.17, 15) is 0 Å². The van der Waals surface area contributed by atoms with Crippen molar-refractivity contribution in [3.63, 3.8) is 0 Å². The van der Waals surface area contributed by atoms with Gasteiger partial charge in [-0.15, -0.1) is 0 Å². The Hall–Kier alpha value is -2.17. The average molecular weight is 501 g/mol. The number of hydrogen-bond acceptors (Lipinski definition) is 2. The molecule has 0 heterocycles. The molecular weight excluding hydrogens is 459 g/mol. The minimum Gasteiger partial charge on any atom is -0.251 e. The van der Waals surface area contributed by atoms with Crippen LogP contribution in [-0.4, -0.2) is 11.4 Å². The normalized spacial score (nSPS) is 11.6. The second kappa shape index (κ2) is 16.5. The van der Waals surface area contributed by atoms with Crippen LogP contribution in [0, 0.1) is 39.5 Å². The zero-order valence-electron chi connectivity index (χ0n) is 22.0. The molecule has 0 aliphatic carbocycles. The third-order valence-electron chi connectivity index (χ3n) is 6.14. The smallest absolute Gasteiger partial charge is 0.135 e. The van der Waals surface area contributed by atoms with Crippen LogP contribution in [0.4, 0.5) is 11.4 Å². The van der Waals surface area contributed by atoms with Crippen molar-refractivity contribution in [1.29, 1.82) is 0 Å². The van der Waals surface area contributed by atoms with Gasteiger partial charge in [0.05, 0.1) is 17.1 Å². The quantitative estimate of drug-likeness (QED) is 0.127. The Morgan fingerprint density at radius 1 is 0.676 bits per heavy atom. The van der Waals surface area contributed by atoms with E-state index in [1.807, 2.05) is 0 Å². The van der Waals surface area contributed by atoms with E-state index in [0.717, 1.165) is 54.9 Å². The van der Waals surface area contributed by atoms with Crippen molar-refractivity contribution in [2.24, 2.45) is 9.98 Å². The van der Waals surface area contributed by atoms with E-state index in [-0.39, 0.29) is 16.5 Å². The molecule has 186 valence electrons. The monoisotopic (exact) mass is 500 g/mol. The fourth-order valence-electron chi connectivity index (χ4n) is 3.57. The molecular formula is C31H42N2Ni. The second-order valence-corrected chi connectivity index (χ2v) is 9.13. The van der Waals surface area contributed by atoms with Gasteiger partial charge in [-0.05, 0) is 99.4 Å². The third kappa shape index (κ3) is 10.4. The molecule has 0 aliphatic rings. The molecule has 2 nitrogen and oxygen atoms in total. The van der Waals surface area contributed by atoms with Gasteiger partial charge < -0.3 is 0 Å². The van der Waals surface area contributed by atoms with Crippen LogP contribution in [0.5, 0.6) is 0 Å². The SMILES string of the molecule is CCCCCCCC#CC(=Nc1ccc(C)c(C)c1)C(CCCC)=Nc1ccc(C)c(C)c1.[Ni]. The van der Waals surface area contributed by atoms with Crippen LogP contribution in [-0.2, 0) is 16.5 Å². The topological polar surface area (TPSA) is 24.7 Å². The number of nitrogens with zero attached hydrogens (tertiary/aromatic N) is 2. The maximum absolute atomic E-state index is 5.06. The summed E-state index contributed by atoms with van der Waals surface area (Å²) in [5.74, 6) is 6.83. The summed E-state index contributed by atoms with van der Waals surface area (Å²) in [6.07, 6.45) is 10.3. The van der Waals surface area contributed by atoms with Gasteiger partial charge >= 0.3 is 0 Å². The Labute approximate surface area is 218 Å². The minimum absolute atomic E-state index is 0. The summed E-state index contributed by atoms with van der Waals surface area (Å²) in [7, 11) is 0. The molecule has 0 saturated heterocycles. The van der Waals surface area contributed by atoms with Crippen LogP contribution < -0.4 is 0 Å². The first-order valence-corrected chi connectivity index (χ1v) is 12.7. The Kier molecular flexibility index (Phi) is 14.5. The van der Waals surface area contributed by atoms with Gasteiger partial charge in [-0.2, -0.15) is 0 Å². The van der Waals surface area contributed by atoms with E-state index >= 15 is 0 Å². The number of unbranched alkanes of at least 4 members (excludes halogenated alkanes) is 6. The average Bonchev–Trinajstić information content (AvgIpc) is 2.80. The summed E-state index contributed by atoms with van der Waals surface area (Å²) in [6, 6.07) is 12.8. The molecule has 0 saturated carbocycles. The molecule has 2 aromatic rings. The maximum atomic E-state index is 5.06. The van der Waals surface area contributed by atoms with Gasteiger partial charge in [0.1, 0.15) is 5.71 Å². The molecule has 34 heavy (non-hydrogen) atoms. The molecule has 0 aromatic heterocycles. The van der Waals surface area contributed by atoms with Crippen molar-refractivity contribution in [2.45, 2.75) is 99.3 Å². The zero-order chi connectivity index (χ0) is 24.1. The Bertz CT molecular complexity index is 1020. The van der Waals surface area contributed by atoms with Gasteiger partial charge in [0.25, 0.3) is 0 Å². The van der Waals surface area contributed by atoms with E-state index < -0.39 is 0 Å². The predicted molar refractivity (Wildman–Crippen MR) is 147 cm³/mol. The molecule has 0 bridgehead atoms. The molecule has 0 aliphatic heterocycles. The maximum Gasteiger partial charge on any atom is 0.135 e. The number of benzene rings is 2. The van der Waals surface area contributed by atoms with Crippen LogP contribution in [0.2, 0.25) is 0 Å². The predicted octanol–water partition coefficient (Wildman–Crippen LogP) is 9.32. The van der Waals surface area contributed by atoms with Crippen molar-refractivity contribution < 1.29 is 16.5 Å². The first-order chi connectivity index (χ1) is 15.9. The first-order valence-electron chi connectivity index (χ1n) is 12.7. The van der Waals surface area contributed by atoms with Gasteiger partial charge in [-0.25, -0.2) is 4.99 Å². The van der Waals surface area contributed by atoms with Gasteiger partial charge in [0.15, 0.2) is 0 Å².